The Balaban J connectivity index is 2.38. The minimum Gasteiger partial charge on any atom is -0.382 e. The van der Waals surface area contributed by atoms with Crippen LogP contribution in [0.25, 0.3) is 0 Å². The van der Waals surface area contributed by atoms with E-state index in [1.807, 2.05) is 25.3 Å². The number of aliphatic hydroxyl groups is 1. The largest absolute Gasteiger partial charge is 0.382 e. The number of thiophene rings is 2. The normalized spacial score (nSPS) is 13.1. The summed E-state index contributed by atoms with van der Waals surface area (Å²) >= 11 is 12.7. The molecule has 1 atom stereocenters. The quantitative estimate of drug-likeness (QED) is 0.824. The fourth-order valence-electron chi connectivity index (χ4n) is 1.38. The van der Waals surface area contributed by atoms with Crippen molar-refractivity contribution in [2.24, 2.45) is 0 Å². The Kier molecular flexibility index (Phi) is 3.76. The molecule has 1 N–H and O–H groups in total. The van der Waals surface area contributed by atoms with E-state index in [4.69, 9.17) is 11.6 Å². The summed E-state index contributed by atoms with van der Waals surface area (Å²) in [5.74, 6) is 0. The third-order valence-electron chi connectivity index (χ3n) is 2.32. The summed E-state index contributed by atoms with van der Waals surface area (Å²) in [6.07, 6.45) is -0.610. The van der Waals surface area contributed by atoms with Crippen molar-refractivity contribution in [1.82, 2.24) is 0 Å². The molecule has 86 valence electrons. The molecular weight excluding hydrogens is 328 g/mol. The van der Waals surface area contributed by atoms with E-state index in [2.05, 4.69) is 15.9 Å². The van der Waals surface area contributed by atoms with Crippen molar-refractivity contribution < 1.29 is 5.11 Å². The highest BCUT2D eigenvalue weighted by atomic mass is 79.9. The minimum absolute atomic E-state index is 0.610. The van der Waals surface area contributed by atoms with Crippen molar-refractivity contribution in [3.8, 4) is 0 Å². The van der Waals surface area contributed by atoms with E-state index in [1.165, 1.54) is 11.3 Å². The molecule has 2 heterocycles. The standard InChI is InChI=1S/C11H10BrClOS2/c1-5-3-7(16-11(5)12)9(14)10-8(13)6(2)4-15-10/h3-4,9,14H,1-2H3. The van der Waals surface area contributed by atoms with Crippen LogP contribution in [0.5, 0.6) is 0 Å². The van der Waals surface area contributed by atoms with Gasteiger partial charge in [-0.05, 0) is 52.4 Å². The smallest absolute Gasteiger partial charge is 0.124 e. The van der Waals surface area contributed by atoms with Crippen molar-refractivity contribution in [1.29, 1.82) is 0 Å². The third kappa shape index (κ3) is 2.22. The van der Waals surface area contributed by atoms with E-state index in [0.29, 0.717) is 5.02 Å². The molecule has 0 radical (unpaired) electrons. The second-order valence-corrected chi connectivity index (χ2v) is 7.30. The number of rotatable bonds is 2. The number of hydrogen-bond donors (Lipinski definition) is 1. The minimum atomic E-state index is -0.610. The van der Waals surface area contributed by atoms with Crippen LogP contribution in [-0.4, -0.2) is 5.11 Å². The molecule has 2 rings (SSSR count). The molecular formula is C11H10BrClOS2. The molecule has 16 heavy (non-hydrogen) atoms. The van der Waals surface area contributed by atoms with Crippen LogP contribution >= 0.6 is 50.2 Å². The van der Waals surface area contributed by atoms with Crippen LogP contribution in [0.1, 0.15) is 27.0 Å². The summed E-state index contributed by atoms with van der Waals surface area (Å²) < 4.78 is 1.06. The molecule has 1 nitrogen and oxygen atoms in total. The average molecular weight is 338 g/mol. The van der Waals surface area contributed by atoms with Gasteiger partial charge in [-0.3, -0.25) is 0 Å². The number of halogens is 2. The zero-order valence-electron chi connectivity index (χ0n) is 8.75. The number of aryl methyl sites for hydroxylation is 2. The Morgan fingerprint density at radius 3 is 2.50 bits per heavy atom. The van der Waals surface area contributed by atoms with Gasteiger partial charge in [-0.15, -0.1) is 22.7 Å². The van der Waals surface area contributed by atoms with Crippen LogP contribution in [0.3, 0.4) is 0 Å². The van der Waals surface area contributed by atoms with E-state index in [9.17, 15) is 5.11 Å². The van der Waals surface area contributed by atoms with E-state index in [1.54, 1.807) is 11.3 Å². The first-order chi connectivity index (χ1) is 7.50. The zero-order chi connectivity index (χ0) is 11.9. The SMILES string of the molecule is Cc1cc(C(O)c2scc(C)c2Cl)sc1Br. The van der Waals surface area contributed by atoms with Gasteiger partial charge in [-0.25, -0.2) is 0 Å². The molecule has 0 saturated heterocycles. The van der Waals surface area contributed by atoms with Crippen LogP contribution in [0.2, 0.25) is 5.02 Å². The lowest BCUT2D eigenvalue weighted by Gasteiger charge is -2.06. The van der Waals surface area contributed by atoms with Crippen molar-refractivity contribution in [2.45, 2.75) is 20.0 Å². The van der Waals surface area contributed by atoms with Crippen LogP contribution in [0.4, 0.5) is 0 Å². The highest BCUT2D eigenvalue weighted by Crippen LogP contribution is 2.40. The summed E-state index contributed by atoms with van der Waals surface area (Å²) in [7, 11) is 0. The van der Waals surface area contributed by atoms with Gasteiger partial charge in [0.25, 0.3) is 0 Å². The van der Waals surface area contributed by atoms with Gasteiger partial charge in [-0.1, -0.05) is 11.6 Å². The molecule has 2 aromatic rings. The molecule has 1 unspecified atom stereocenters. The molecule has 0 saturated carbocycles. The predicted octanol–water partition coefficient (Wildman–Crippen LogP) is 4.92. The third-order valence-corrected chi connectivity index (χ3v) is 6.27. The van der Waals surface area contributed by atoms with Crippen molar-refractivity contribution in [3.05, 3.63) is 41.1 Å². The molecule has 5 heteroatoms. The molecule has 0 spiro atoms. The first-order valence-corrected chi connectivity index (χ1v) is 7.54. The molecule has 2 aromatic heterocycles. The van der Waals surface area contributed by atoms with Crippen molar-refractivity contribution >= 4 is 50.2 Å². The molecule has 0 aliphatic rings. The average Bonchev–Trinajstić information content (AvgIpc) is 2.73. The van der Waals surface area contributed by atoms with Gasteiger partial charge >= 0.3 is 0 Å². The van der Waals surface area contributed by atoms with Crippen LogP contribution in [0.15, 0.2) is 15.2 Å². The lowest BCUT2D eigenvalue weighted by Crippen LogP contribution is -1.94. The van der Waals surface area contributed by atoms with E-state index in [0.717, 1.165) is 24.7 Å². The van der Waals surface area contributed by atoms with Crippen molar-refractivity contribution in [2.75, 3.05) is 0 Å². The monoisotopic (exact) mass is 336 g/mol. The molecule has 0 aliphatic heterocycles. The fraction of sp³-hybridized carbons (Fsp3) is 0.273. The maximum Gasteiger partial charge on any atom is 0.124 e. The van der Waals surface area contributed by atoms with Crippen LogP contribution in [-0.2, 0) is 0 Å². The second-order valence-electron chi connectivity index (χ2n) is 3.60. The lowest BCUT2D eigenvalue weighted by atomic mass is 10.2. The summed E-state index contributed by atoms with van der Waals surface area (Å²) in [4.78, 5) is 1.75. The van der Waals surface area contributed by atoms with Crippen molar-refractivity contribution in [3.63, 3.8) is 0 Å². The highest BCUT2D eigenvalue weighted by molar-refractivity contribution is 9.11. The van der Waals surface area contributed by atoms with Crippen LogP contribution < -0.4 is 0 Å². The first-order valence-electron chi connectivity index (χ1n) is 4.68. The summed E-state index contributed by atoms with van der Waals surface area (Å²) in [5, 5.41) is 12.9. The van der Waals surface area contributed by atoms with E-state index < -0.39 is 6.10 Å². The Labute approximate surface area is 116 Å². The summed E-state index contributed by atoms with van der Waals surface area (Å²) in [6, 6.07) is 1.99. The van der Waals surface area contributed by atoms with E-state index in [-0.39, 0.29) is 0 Å². The Bertz CT molecular complexity index is 499. The molecule has 0 fully saturated rings. The molecule has 0 bridgehead atoms. The predicted molar refractivity (Wildman–Crippen MR) is 74.9 cm³/mol. The highest BCUT2D eigenvalue weighted by Gasteiger charge is 2.19. The summed E-state index contributed by atoms with van der Waals surface area (Å²) in [6.45, 7) is 3.96. The first kappa shape index (κ1) is 12.6. The van der Waals surface area contributed by atoms with Gasteiger partial charge < -0.3 is 5.11 Å². The molecule has 0 aliphatic carbocycles. The molecule has 0 amide bonds. The Hall–Kier alpha value is 0.130. The second kappa shape index (κ2) is 4.78. The summed E-state index contributed by atoms with van der Waals surface area (Å²) in [5.41, 5.74) is 2.16. The van der Waals surface area contributed by atoms with Crippen LogP contribution in [0, 0.1) is 13.8 Å². The molecule has 0 aromatic carbocycles. The number of hydrogen-bond acceptors (Lipinski definition) is 3. The lowest BCUT2D eigenvalue weighted by molar-refractivity contribution is 0.228. The van der Waals surface area contributed by atoms with Gasteiger partial charge in [-0.2, -0.15) is 0 Å². The van der Waals surface area contributed by atoms with Gasteiger partial charge in [0.2, 0.25) is 0 Å². The van der Waals surface area contributed by atoms with Gasteiger partial charge in [0, 0.05) is 4.88 Å². The topological polar surface area (TPSA) is 20.2 Å². The Morgan fingerprint density at radius 1 is 1.38 bits per heavy atom. The maximum atomic E-state index is 10.2. The fourth-order valence-corrected chi connectivity index (χ4v) is 4.32. The Morgan fingerprint density at radius 2 is 2.06 bits per heavy atom. The number of aliphatic hydroxyl groups excluding tert-OH is 1. The zero-order valence-corrected chi connectivity index (χ0v) is 12.7. The van der Waals surface area contributed by atoms with Gasteiger partial charge in [0.05, 0.1) is 13.7 Å². The van der Waals surface area contributed by atoms with Gasteiger partial charge in [0.1, 0.15) is 6.10 Å². The van der Waals surface area contributed by atoms with Gasteiger partial charge in [0.15, 0.2) is 0 Å². The van der Waals surface area contributed by atoms with E-state index >= 15 is 0 Å². The maximum absolute atomic E-state index is 10.2.